The summed E-state index contributed by atoms with van der Waals surface area (Å²) in [6.07, 6.45) is 7.95. The first-order valence-electron chi connectivity index (χ1n) is 8.15. The Bertz CT molecular complexity index is 201. The monoisotopic (exact) mass is 254 g/mol. The van der Waals surface area contributed by atoms with Gasteiger partial charge < -0.3 is 10.2 Å². The van der Waals surface area contributed by atoms with Gasteiger partial charge in [0.25, 0.3) is 0 Å². The minimum atomic E-state index is 0.493. The predicted molar refractivity (Wildman–Crippen MR) is 81.1 cm³/mol. The highest BCUT2D eigenvalue weighted by Crippen LogP contribution is 2.29. The van der Waals surface area contributed by atoms with E-state index in [1.165, 1.54) is 64.7 Å². The summed E-state index contributed by atoms with van der Waals surface area (Å²) in [6, 6.07) is 0.841. The Hall–Kier alpha value is -0.0800. The van der Waals surface area contributed by atoms with Crippen molar-refractivity contribution in [3.8, 4) is 0 Å². The summed E-state index contributed by atoms with van der Waals surface area (Å²) < 4.78 is 0. The molecule has 1 N–H and O–H groups in total. The van der Waals surface area contributed by atoms with E-state index in [2.05, 4.69) is 37.9 Å². The lowest BCUT2D eigenvalue weighted by atomic mass is 9.81. The van der Waals surface area contributed by atoms with Crippen LogP contribution in [-0.4, -0.2) is 37.1 Å². The van der Waals surface area contributed by atoms with E-state index >= 15 is 0 Å². The Balaban J connectivity index is 2.50. The maximum Gasteiger partial charge on any atom is 0.00684 e. The molecule has 2 heteroatoms. The number of hydrogen-bond acceptors (Lipinski definition) is 2. The average Bonchev–Trinajstić information content (AvgIpc) is 3.19. The van der Waals surface area contributed by atoms with Crippen LogP contribution in [0.4, 0.5) is 0 Å². The van der Waals surface area contributed by atoms with Crippen LogP contribution in [-0.2, 0) is 0 Å². The number of nitrogens with one attached hydrogen (secondary N) is 1. The number of rotatable bonds is 11. The third kappa shape index (κ3) is 5.27. The molecule has 108 valence electrons. The molecule has 2 nitrogen and oxygen atoms in total. The zero-order valence-electron chi connectivity index (χ0n) is 13.1. The lowest BCUT2D eigenvalue weighted by Crippen LogP contribution is -2.44. The van der Waals surface area contributed by atoms with E-state index < -0.39 is 0 Å². The molecule has 0 atom stereocenters. The van der Waals surface area contributed by atoms with Gasteiger partial charge in [-0.1, -0.05) is 27.7 Å². The molecule has 0 heterocycles. The van der Waals surface area contributed by atoms with Gasteiger partial charge in [0.05, 0.1) is 0 Å². The van der Waals surface area contributed by atoms with Crippen LogP contribution >= 0.6 is 0 Å². The first kappa shape index (κ1) is 16.0. The first-order chi connectivity index (χ1) is 8.69. The van der Waals surface area contributed by atoms with E-state index in [0.717, 1.165) is 6.04 Å². The van der Waals surface area contributed by atoms with E-state index in [1.54, 1.807) is 0 Å². The maximum absolute atomic E-state index is 3.76. The lowest BCUT2D eigenvalue weighted by molar-refractivity contribution is 0.133. The van der Waals surface area contributed by atoms with Gasteiger partial charge in [0.15, 0.2) is 0 Å². The molecule has 1 fully saturated rings. The lowest BCUT2D eigenvalue weighted by Gasteiger charge is -2.37. The van der Waals surface area contributed by atoms with Crippen LogP contribution in [0.15, 0.2) is 0 Å². The Morgan fingerprint density at radius 3 is 1.94 bits per heavy atom. The van der Waals surface area contributed by atoms with E-state index in [4.69, 9.17) is 0 Å². The topological polar surface area (TPSA) is 15.3 Å². The Kier molecular flexibility index (Phi) is 7.25. The molecule has 0 bridgehead atoms. The van der Waals surface area contributed by atoms with Crippen molar-refractivity contribution in [1.82, 2.24) is 10.2 Å². The number of hydrogen-bond donors (Lipinski definition) is 1. The zero-order chi connectivity index (χ0) is 13.4. The molecule has 0 unspecified atom stereocenters. The molecule has 1 aliphatic rings. The molecule has 1 rings (SSSR count). The second kappa shape index (κ2) is 8.16. The van der Waals surface area contributed by atoms with Crippen molar-refractivity contribution >= 4 is 0 Å². The highest BCUT2D eigenvalue weighted by atomic mass is 15.1. The van der Waals surface area contributed by atoms with E-state index in [0.29, 0.717) is 5.41 Å². The average molecular weight is 254 g/mol. The van der Waals surface area contributed by atoms with Crippen LogP contribution < -0.4 is 5.32 Å². The van der Waals surface area contributed by atoms with Crippen LogP contribution in [0.25, 0.3) is 0 Å². The molecule has 0 saturated heterocycles. The highest BCUT2D eigenvalue weighted by molar-refractivity contribution is 4.88. The smallest absolute Gasteiger partial charge is 0.00684 e. The zero-order valence-corrected chi connectivity index (χ0v) is 13.1. The van der Waals surface area contributed by atoms with Crippen LogP contribution in [0, 0.1) is 5.41 Å². The molecular formula is C16H34N2. The Labute approximate surface area is 115 Å². The fourth-order valence-electron chi connectivity index (χ4n) is 2.80. The van der Waals surface area contributed by atoms with E-state index in [1.807, 2.05) is 0 Å². The van der Waals surface area contributed by atoms with Crippen LogP contribution in [0.3, 0.4) is 0 Å². The van der Waals surface area contributed by atoms with Gasteiger partial charge in [-0.25, -0.2) is 0 Å². The van der Waals surface area contributed by atoms with Gasteiger partial charge in [-0.3, -0.25) is 0 Å². The summed E-state index contributed by atoms with van der Waals surface area (Å²) >= 11 is 0. The molecule has 0 radical (unpaired) electrons. The fourth-order valence-corrected chi connectivity index (χ4v) is 2.80. The highest BCUT2D eigenvalue weighted by Gasteiger charge is 2.31. The van der Waals surface area contributed by atoms with Crippen LogP contribution in [0.1, 0.15) is 66.2 Å². The van der Waals surface area contributed by atoms with Gasteiger partial charge >= 0.3 is 0 Å². The van der Waals surface area contributed by atoms with Crippen molar-refractivity contribution in [3.05, 3.63) is 0 Å². The number of nitrogens with zero attached hydrogens (tertiary/aromatic N) is 1. The third-order valence-corrected chi connectivity index (χ3v) is 4.48. The predicted octanol–water partition coefficient (Wildman–Crippen LogP) is 3.67. The van der Waals surface area contributed by atoms with Crippen molar-refractivity contribution in [2.24, 2.45) is 5.41 Å². The second-order valence-electron chi connectivity index (χ2n) is 6.14. The summed E-state index contributed by atoms with van der Waals surface area (Å²) in [5.74, 6) is 0. The minimum absolute atomic E-state index is 0.493. The van der Waals surface area contributed by atoms with Gasteiger partial charge in [0.2, 0.25) is 0 Å². The summed E-state index contributed by atoms with van der Waals surface area (Å²) in [6.45, 7) is 14.4. The summed E-state index contributed by atoms with van der Waals surface area (Å²) in [4.78, 5) is 2.68. The molecule has 0 aliphatic heterocycles. The molecule has 1 saturated carbocycles. The van der Waals surface area contributed by atoms with Gasteiger partial charge in [-0.05, 0) is 57.0 Å². The van der Waals surface area contributed by atoms with Crippen LogP contribution in [0.2, 0.25) is 0 Å². The Morgan fingerprint density at radius 1 is 1.00 bits per heavy atom. The molecule has 0 aromatic heterocycles. The largest absolute Gasteiger partial charge is 0.313 e. The molecule has 0 aromatic carbocycles. The molecule has 0 spiro atoms. The standard InChI is InChI=1S/C16H34N2/c1-5-11-18(12-6-2)14-16(7-3,8-4)13-17-15-9-10-15/h15,17H,5-14H2,1-4H3. The Morgan fingerprint density at radius 2 is 1.56 bits per heavy atom. The maximum atomic E-state index is 3.76. The van der Waals surface area contributed by atoms with Crippen molar-refractivity contribution in [2.75, 3.05) is 26.2 Å². The van der Waals surface area contributed by atoms with Crippen molar-refractivity contribution in [2.45, 2.75) is 72.3 Å². The van der Waals surface area contributed by atoms with Crippen molar-refractivity contribution in [3.63, 3.8) is 0 Å². The van der Waals surface area contributed by atoms with Gasteiger partial charge in [-0.2, -0.15) is 0 Å². The minimum Gasteiger partial charge on any atom is -0.313 e. The molecule has 18 heavy (non-hydrogen) atoms. The van der Waals surface area contributed by atoms with Crippen molar-refractivity contribution in [1.29, 1.82) is 0 Å². The normalized spacial score (nSPS) is 16.5. The molecule has 1 aliphatic carbocycles. The van der Waals surface area contributed by atoms with E-state index in [9.17, 15) is 0 Å². The van der Waals surface area contributed by atoms with Crippen molar-refractivity contribution < 1.29 is 0 Å². The third-order valence-electron chi connectivity index (χ3n) is 4.48. The van der Waals surface area contributed by atoms with Crippen LogP contribution in [0.5, 0.6) is 0 Å². The van der Waals surface area contributed by atoms with Gasteiger partial charge in [0, 0.05) is 19.1 Å². The molecule has 0 aromatic rings. The van der Waals surface area contributed by atoms with E-state index in [-0.39, 0.29) is 0 Å². The second-order valence-corrected chi connectivity index (χ2v) is 6.14. The van der Waals surface area contributed by atoms with Gasteiger partial charge in [0.1, 0.15) is 0 Å². The first-order valence-corrected chi connectivity index (χ1v) is 8.15. The van der Waals surface area contributed by atoms with Gasteiger partial charge in [-0.15, -0.1) is 0 Å². The quantitative estimate of drug-likeness (QED) is 0.605. The SMILES string of the molecule is CCCN(CCC)CC(CC)(CC)CNC1CC1. The summed E-state index contributed by atoms with van der Waals surface area (Å²) in [5, 5.41) is 3.76. The summed E-state index contributed by atoms with van der Waals surface area (Å²) in [7, 11) is 0. The molecule has 0 amide bonds. The fraction of sp³-hybridized carbons (Fsp3) is 1.00. The summed E-state index contributed by atoms with van der Waals surface area (Å²) in [5.41, 5.74) is 0.493. The molecular weight excluding hydrogens is 220 g/mol.